The van der Waals surface area contributed by atoms with Crippen LogP contribution >= 0.6 is 11.6 Å². The first-order valence-electron chi connectivity index (χ1n) is 9.97. The highest BCUT2D eigenvalue weighted by atomic mass is 35.5. The van der Waals surface area contributed by atoms with Gasteiger partial charge in [0.25, 0.3) is 0 Å². The SMILES string of the molecule is CCCn1cnc2cc(-c3noc([C@H]4CC(=O)N(c5cccc(Cl)c5)C4)n3)ccc21. The van der Waals surface area contributed by atoms with E-state index < -0.39 is 0 Å². The van der Waals surface area contributed by atoms with Crippen molar-refractivity contribution in [1.82, 2.24) is 19.7 Å². The predicted molar refractivity (Wildman–Crippen MR) is 114 cm³/mol. The number of rotatable bonds is 5. The predicted octanol–water partition coefficient (Wildman–Crippen LogP) is 4.67. The zero-order valence-corrected chi connectivity index (χ0v) is 17.2. The van der Waals surface area contributed by atoms with Crippen molar-refractivity contribution in [2.24, 2.45) is 0 Å². The van der Waals surface area contributed by atoms with Gasteiger partial charge in [0, 0.05) is 35.8 Å². The van der Waals surface area contributed by atoms with Crippen molar-refractivity contribution in [2.75, 3.05) is 11.4 Å². The van der Waals surface area contributed by atoms with Crippen LogP contribution in [0.2, 0.25) is 5.02 Å². The summed E-state index contributed by atoms with van der Waals surface area (Å²) in [5, 5.41) is 4.74. The highest BCUT2D eigenvalue weighted by molar-refractivity contribution is 6.30. The van der Waals surface area contributed by atoms with Crippen LogP contribution in [0.25, 0.3) is 22.4 Å². The standard InChI is InChI=1S/C22H20ClN5O2/c1-2-8-27-13-24-18-9-14(6-7-19(18)27)21-25-22(30-26-21)15-10-20(29)28(12-15)17-5-3-4-16(23)11-17/h3-7,9,11,13,15H,2,8,10,12H2,1H3/t15-/m0/s1. The Morgan fingerprint density at radius 3 is 2.97 bits per heavy atom. The van der Waals surface area contributed by atoms with Gasteiger partial charge in [-0.05, 0) is 42.8 Å². The second-order valence-electron chi connectivity index (χ2n) is 7.48. The molecular formula is C22H20ClN5O2. The summed E-state index contributed by atoms with van der Waals surface area (Å²) in [6, 6.07) is 13.3. The molecule has 2 aromatic heterocycles. The molecule has 4 aromatic rings. The van der Waals surface area contributed by atoms with Gasteiger partial charge in [-0.25, -0.2) is 4.98 Å². The van der Waals surface area contributed by atoms with Gasteiger partial charge >= 0.3 is 0 Å². The molecule has 0 unspecified atom stereocenters. The molecule has 1 aliphatic rings. The van der Waals surface area contributed by atoms with Gasteiger partial charge in [0.1, 0.15) is 0 Å². The number of benzene rings is 2. The topological polar surface area (TPSA) is 77.0 Å². The van der Waals surface area contributed by atoms with Crippen LogP contribution in [-0.2, 0) is 11.3 Å². The lowest BCUT2D eigenvalue weighted by Gasteiger charge is -2.16. The van der Waals surface area contributed by atoms with E-state index in [0.717, 1.165) is 35.2 Å². The van der Waals surface area contributed by atoms with Gasteiger partial charge < -0.3 is 14.0 Å². The van der Waals surface area contributed by atoms with Gasteiger partial charge in [0.2, 0.25) is 17.6 Å². The smallest absolute Gasteiger partial charge is 0.232 e. The Bertz CT molecular complexity index is 1230. The third kappa shape index (κ3) is 3.35. The molecule has 1 saturated heterocycles. The van der Waals surface area contributed by atoms with Crippen LogP contribution in [0, 0.1) is 0 Å². The summed E-state index contributed by atoms with van der Waals surface area (Å²) >= 11 is 6.07. The van der Waals surface area contributed by atoms with Crippen LogP contribution in [-0.4, -0.2) is 32.1 Å². The fourth-order valence-electron chi connectivity index (χ4n) is 3.91. The average Bonchev–Trinajstić information content (AvgIpc) is 3.46. The number of aryl methyl sites for hydroxylation is 1. The van der Waals surface area contributed by atoms with E-state index in [2.05, 4.69) is 26.6 Å². The van der Waals surface area contributed by atoms with Gasteiger partial charge in [0.15, 0.2) is 0 Å². The first-order valence-corrected chi connectivity index (χ1v) is 10.3. The molecule has 0 aliphatic carbocycles. The molecule has 152 valence electrons. The molecule has 0 bridgehead atoms. The van der Waals surface area contributed by atoms with E-state index in [1.54, 1.807) is 17.0 Å². The monoisotopic (exact) mass is 421 g/mol. The Morgan fingerprint density at radius 1 is 1.23 bits per heavy atom. The molecule has 0 spiro atoms. The van der Waals surface area contributed by atoms with Crippen LogP contribution in [0.15, 0.2) is 53.3 Å². The minimum Gasteiger partial charge on any atom is -0.339 e. The summed E-state index contributed by atoms with van der Waals surface area (Å²) in [6.07, 6.45) is 3.23. The van der Waals surface area contributed by atoms with Crippen LogP contribution in [0.1, 0.15) is 31.6 Å². The summed E-state index contributed by atoms with van der Waals surface area (Å²) in [6.45, 7) is 3.56. The Kier molecular flexibility index (Phi) is 4.75. The second-order valence-corrected chi connectivity index (χ2v) is 7.92. The molecule has 1 amide bonds. The van der Waals surface area contributed by atoms with E-state index in [1.165, 1.54) is 0 Å². The number of aromatic nitrogens is 4. The van der Waals surface area contributed by atoms with Gasteiger partial charge in [0.05, 0.1) is 23.3 Å². The van der Waals surface area contributed by atoms with E-state index in [-0.39, 0.29) is 11.8 Å². The highest BCUT2D eigenvalue weighted by Crippen LogP contribution is 2.33. The summed E-state index contributed by atoms with van der Waals surface area (Å²) in [5.41, 5.74) is 3.61. The van der Waals surface area contributed by atoms with Gasteiger partial charge in [-0.3, -0.25) is 4.79 Å². The summed E-state index contributed by atoms with van der Waals surface area (Å²) in [4.78, 5) is 23.3. The molecule has 1 aliphatic heterocycles. The number of hydrogen-bond acceptors (Lipinski definition) is 5. The number of carbonyl (C=O) groups excluding carboxylic acids is 1. The van der Waals surface area contributed by atoms with E-state index in [0.29, 0.717) is 29.7 Å². The van der Waals surface area contributed by atoms with Crippen molar-refractivity contribution in [3.63, 3.8) is 0 Å². The average molecular weight is 422 g/mol. The molecule has 0 saturated carbocycles. The normalized spacial score (nSPS) is 16.7. The van der Waals surface area contributed by atoms with Crippen molar-refractivity contribution in [1.29, 1.82) is 0 Å². The first-order chi connectivity index (χ1) is 14.6. The lowest BCUT2D eigenvalue weighted by Crippen LogP contribution is -2.24. The maximum atomic E-state index is 12.5. The second kappa shape index (κ2) is 7.57. The third-order valence-corrected chi connectivity index (χ3v) is 5.61. The Labute approximate surface area is 178 Å². The number of fused-ring (bicyclic) bond motifs is 1. The molecule has 0 radical (unpaired) electrons. The van der Waals surface area contributed by atoms with Crippen LogP contribution in [0.4, 0.5) is 5.69 Å². The van der Waals surface area contributed by atoms with Gasteiger partial charge in [-0.15, -0.1) is 0 Å². The highest BCUT2D eigenvalue weighted by Gasteiger charge is 2.35. The number of halogens is 1. The third-order valence-electron chi connectivity index (χ3n) is 5.38. The van der Waals surface area contributed by atoms with Crippen LogP contribution in [0.5, 0.6) is 0 Å². The molecule has 1 atom stereocenters. The number of amides is 1. The summed E-state index contributed by atoms with van der Waals surface area (Å²) < 4.78 is 7.66. The largest absolute Gasteiger partial charge is 0.339 e. The van der Waals surface area contributed by atoms with E-state index in [9.17, 15) is 4.79 Å². The van der Waals surface area contributed by atoms with Crippen molar-refractivity contribution in [2.45, 2.75) is 32.2 Å². The number of carbonyl (C=O) groups is 1. The lowest BCUT2D eigenvalue weighted by molar-refractivity contribution is -0.117. The van der Waals surface area contributed by atoms with Crippen LogP contribution < -0.4 is 4.90 Å². The zero-order valence-electron chi connectivity index (χ0n) is 16.5. The molecular weight excluding hydrogens is 402 g/mol. The molecule has 30 heavy (non-hydrogen) atoms. The molecule has 3 heterocycles. The number of nitrogens with zero attached hydrogens (tertiary/aromatic N) is 5. The van der Waals surface area contributed by atoms with Gasteiger partial charge in [-0.2, -0.15) is 4.98 Å². The fraction of sp³-hybridized carbons (Fsp3) is 0.273. The molecule has 1 fully saturated rings. The molecule has 7 nitrogen and oxygen atoms in total. The quantitative estimate of drug-likeness (QED) is 0.468. The summed E-state index contributed by atoms with van der Waals surface area (Å²) in [7, 11) is 0. The summed E-state index contributed by atoms with van der Waals surface area (Å²) in [5.74, 6) is 0.847. The molecule has 0 N–H and O–H groups in total. The zero-order chi connectivity index (χ0) is 20.7. The Balaban J connectivity index is 1.38. The van der Waals surface area contributed by atoms with Crippen molar-refractivity contribution in [3.05, 3.63) is 59.7 Å². The number of hydrogen-bond donors (Lipinski definition) is 0. The van der Waals surface area contributed by atoms with Crippen molar-refractivity contribution < 1.29 is 9.32 Å². The molecule has 5 rings (SSSR count). The Hall–Kier alpha value is -3.19. The minimum atomic E-state index is -0.148. The molecule has 8 heteroatoms. The van der Waals surface area contributed by atoms with Gasteiger partial charge in [-0.1, -0.05) is 29.7 Å². The first kappa shape index (κ1) is 18.8. The minimum absolute atomic E-state index is 0.0184. The lowest BCUT2D eigenvalue weighted by atomic mass is 10.1. The Morgan fingerprint density at radius 2 is 2.13 bits per heavy atom. The van der Waals surface area contributed by atoms with E-state index in [1.807, 2.05) is 36.7 Å². The maximum absolute atomic E-state index is 12.5. The molecule has 2 aromatic carbocycles. The van der Waals surface area contributed by atoms with Crippen molar-refractivity contribution in [3.8, 4) is 11.4 Å². The van der Waals surface area contributed by atoms with Crippen molar-refractivity contribution >= 4 is 34.2 Å². The van der Waals surface area contributed by atoms with E-state index >= 15 is 0 Å². The fourth-order valence-corrected chi connectivity index (χ4v) is 4.09. The number of imidazole rings is 1. The van der Waals surface area contributed by atoms with Crippen LogP contribution in [0.3, 0.4) is 0 Å². The number of anilines is 1. The van der Waals surface area contributed by atoms with E-state index in [4.69, 9.17) is 16.1 Å². The maximum Gasteiger partial charge on any atom is 0.232 e.